The molecule has 3 aliphatic carbocycles. The summed E-state index contributed by atoms with van der Waals surface area (Å²) in [5.74, 6) is 3.21. The quantitative estimate of drug-likeness (QED) is 0.110. The van der Waals surface area contributed by atoms with Gasteiger partial charge in [-0.25, -0.2) is 9.97 Å². The first kappa shape index (κ1) is 51.7. The van der Waals surface area contributed by atoms with Crippen molar-refractivity contribution >= 4 is 46.3 Å². The van der Waals surface area contributed by atoms with E-state index in [1.165, 1.54) is 51.4 Å². The molecule has 2 aromatic carbocycles. The van der Waals surface area contributed by atoms with E-state index in [0.717, 1.165) is 149 Å². The average Bonchev–Trinajstić information content (AvgIpc) is 4.42. The van der Waals surface area contributed by atoms with Gasteiger partial charge in [0.15, 0.2) is 11.3 Å². The van der Waals surface area contributed by atoms with Gasteiger partial charge in [0.05, 0.1) is 11.4 Å². The molecule has 0 radical (unpaired) electrons. The number of Topliss-reactive ketones (excluding diaryl/α,β-unsaturated/α-hetero) is 2. The molecule has 76 heavy (non-hydrogen) atoms. The van der Waals surface area contributed by atoms with E-state index < -0.39 is 0 Å². The zero-order valence-electron chi connectivity index (χ0n) is 45.3. The zero-order chi connectivity index (χ0) is 52.3. The molecule has 4 aromatic heterocycles. The van der Waals surface area contributed by atoms with Crippen LogP contribution in [0.25, 0.3) is 33.8 Å². The smallest absolute Gasteiger partial charge is 0.272 e. The molecule has 12 rings (SSSR count). The lowest BCUT2D eigenvalue weighted by molar-refractivity contribution is -0.120. The lowest BCUT2D eigenvalue weighted by Crippen LogP contribution is -2.39. The van der Waals surface area contributed by atoms with Crippen molar-refractivity contribution in [3.8, 4) is 22.5 Å². The molecule has 6 fully saturated rings. The van der Waals surface area contributed by atoms with Crippen molar-refractivity contribution in [2.75, 3.05) is 43.0 Å². The van der Waals surface area contributed by atoms with E-state index in [-0.39, 0.29) is 35.7 Å². The maximum Gasteiger partial charge on any atom is 0.272 e. The molecular weight excluding hydrogens is 949 g/mol. The van der Waals surface area contributed by atoms with Crippen LogP contribution in [0.2, 0.25) is 0 Å². The SMILES string of the molecule is CC1CCCCCN1C(=O)c1cc(N(C)C2CCCCC2)n2nc(-c3ccc(CC(=O)C4CC4)cc3)cc2n1.CC1CCCCCN1C(=O)c1cc(N2CCCCC2)n2nc(-c3ccc(CC(=O)C4CC4)cc3)cc2n1. The van der Waals surface area contributed by atoms with E-state index >= 15 is 0 Å². The Hall–Kier alpha value is -6.44. The minimum atomic E-state index is 0.0256. The fourth-order valence-electron chi connectivity index (χ4n) is 12.2. The van der Waals surface area contributed by atoms with E-state index in [4.69, 9.17) is 20.2 Å². The summed E-state index contributed by atoms with van der Waals surface area (Å²) in [7, 11) is 2.14. The summed E-state index contributed by atoms with van der Waals surface area (Å²) in [6, 6.07) is 25.1. The predicted octanol–water partition coefficient (Wildman–Crippen LogP) is 11.4. The second-order valence-corrected chi connectivity index (χ2v) is 23.2. The monoisotopic (exact) mass is 1030 g/mol. The topological polar surface area (TPSA) is 142 Å². The number of ketones is 2. The molecule has 3 aliphatic heterocycles. The van der Waals surface area contributed by atoms with Crippen LogP contribution in [0.1, 0.15) is 174 Å². The zero-order valence-corrected chi connectivity index (χ0v) is 45.3. The Labute approximate surface area is 448 Å². The van der Waals surface area contributed by atoms with Crippen molar-refractivity contribution in [2.45, 2.75) is 173 Å². The number of carbonyl (C=O) groups is 4. The minimum Gasteiger partial charge on any atom is -0.357 e. The molecule has 3 saturated carbocycles. The van der Waals surface area contributed by atoms with Gasteiger partial charge in [0, 0.05) is 111 Å². The van der Waals surface area contributed by atoms with Crippen LogP contribution in [-0.2, 0) is 22.4 Å². The van der Waals surface area contributed by atoms with Gasteiger partial charge in [0.2, 0.25) is 0 Å². The molecule has 3 saturated heterocycles. The van der Waals surface area contributed by atoms with Crippen LogP contribution < -0.4 is 9.80 Å². The Balaban J connectivity index is 0.000000162. The second kappa shape index (κ2) is 23.0. The van der Waals surface area contributed by atoms with Gasteiger partial charge in [0.25, 0.3) is 11.8 Å². The number of benzene rings is 2. The lowest BCUT2D eigenvalue weighted by atomic mass is 9.94. The standard InChI is InChI=1S/C32H41N5O2.C30H37N5O2/c1-22-9-5-4-8-18-36(22)32(39)28-21-31(35(2)26-10-6-3-7-11-26)37-30(33-28)20-27(34-37)24-14-12-23(13-15-24)19-29(38)25-16-17-25;1-21-8-4-2-7-17-34(21)30(37)26-20-29(33-15-5-3-6-16-33)35-28(31-26)19-25(32-35)23-11-9-22(10-12-23)18-27(36)24-13-14-24/h12-15,20-22,25-26H,3-11,16-19H2,1-2H3;9-12,19-21,24H,2-8,13-18H2,1H3. The number of likely N-dealkylation sites (tertiary alicyclic amines) is 2. The van der Waals surface area contributed by atoms with Crippen LogP contribution in [0.15, 0.2) is 72.8 Å². The Morgan fingerprint density at radius 1 is 0.500 bits per heavy atom. The third-order valence-electron chi connectivity index (χ3n) is 17.4. The summed E-state index contributed by atoms with van der Waals surface area (Å²) in [5, 5.41) is 9.94. The number of hydrogen-bond acceptors (Lipinski definition) is 10. The first-order chi connectivity index (χ1) is 37.0. The van der Waals surface area contributed by atoms with E-state index in [2.05, 4.69) is 30.7 Å². The van der Waals surface area contributed by atoms with Gasteiger partial charge in [-0.2, -0.15) is 19.2 Å². The van der Waals surface area contributed by atoms with Gasteiger partial charge in [-0.15, -0.1) is 0 Å². The Bertz CT molecular complexity index is 3030. The van der Waals surface area contributed by atoms with Crippen LogP contribution in [0.5, 0.6) is 0 Å². The summed E-state index contributed by atoms with van der Waals surface area (Å²) in [4.78, 5) is 70.4. The minimum absolute atomic E-state index is 0.0256. The fraction of sp³-hybridized carbons (Fsp3) is 0.548. The van der Waals surface area contributed by atoms with Crippen LogP contribution in [0.4, 0.5) is 11.6 Å². The molecule has 400 valence electrons. The van der Waals surface area contributed by atoms with E-state index in [9.17, 15) is 19.2 Å². The normalized spacial score (nSPS) is 20.7. The van der Waals surface area contributed by atoms with Crippen molar-refractivity contribution in [1.82, 2.24) is 39.0 Å². The highest BCUT2D eigenvalue weighted by Gasteiger charge is 2.32. The second-order valence-electron chi connectivity index (χ2n) is 23.2. The van der Waals surface area contributed by atoms with Gasteiger partial charge in [-0.1, -0.05) is 93.5 Å². The van der Waals surface area contributed by atoms with Crippen molar-refractivity contribution in [1.29, 1.82) is 0 Å². The third-order valence-corrected chi connectivity index (χ3v) is 17.4. The van der Waals surface area contributed by atoms with Gasteiger partial charge >= 0.3 is 0 Å². The molecule has 6 aromatic rings. The third kappa shape index (κ3) is 11.8. The highest BCUT2D eigenvalue weighted by atomic mass is 16.2. The first-order valence-corrected chi connectivity index (χ1v) is 29.2. The number of nitrogens with zero attached hydrogens (tertiary/aromatic N) is 10. The maximum absolute atomic E-state index is 13.8. The Kier molecular flexibility index (Phi) is 15.7. The summed E-state index contributed by atoms with van der Waals surface area (Å²) in [6.45, 7) is 7.84. The Morgan fingerprint density at radius 2 is 0.934 bits per heavy atom. The van der Waals surface area contributed by atoms with Crippen LogP contribution >= 0.6 is 0 Å². The summed E-state index contributed by atoms with van der Waals surface area (Å²) < 4.78 is 3.82. The molecule has 14 heteroatoms. The molecule has 0 bridgehead atoms. The van der Waals surface area contributed by atoms with Gasteiger partial charge in [-0.05, 0) is 108 Å². The van der Waals surface area contributed by atoms with Gasteiger partial charge < -0.3 is 19.6 Å². The van der Waals surface area contributed by atoms with Crippen molar-refractivity contribution in [2.24, 2.45) is 11.8 Å². The average molecular weight is 1030 g/mol. The maximum atomic E-state index is 13.8. The summed E-state index contributed by atoms with van der Waals surface area (Å²) in [5.41, 5.74) is 8.17. The molecule has 14 nitrogen and oxygen atoms in total. The number of anilines is 2. The molecular formula is C62H78N10O4. The number of hydrogen-bond donors (Lipinski definition) is 0. The molecule has 2 amide bonds. The Morgan fingerprint density at radius 3 is 1.45 bits per heavy atom. The van der Waals surface area contributed by atoms with Gasteiger partial charge in [-0.3, -0.25) is 19.2 Å². The number of fused-ring (bicyclic) bond motifs is 2. The number of amides is 2. The predicted molar refractivity (Wildman–Crippen MR) is 299 cm³/mol. The van der Waals surface area contributed by atoms with Crippen LogP contribution in [0.3, 0.4) is 0 Å². The number of aromatic nitrogens is 6. The number of piperidine rings is 1. The number of carbonyl (C=O) groups excluding carboxylic acids is 4. The molecule has 0 N–H and O–H groups in total. The number of rotatable bonds is 13. The van der Waals surface area contributed by atoms with E-state index in [1.807, 2.05) is 91.6 Å². The highest BCUT2D eigenvalue weighted by Crippen LogP contribution is 2.34. The lowest BCUT2D eigenvalue weighted by Gasteiger charge is -2.33. The van der Waals surface area contributed by atoms with Crippen LogP contribution in [-0.4, -0.2) is 114 Å². The van der Waals surface area contributed by atoms with Crippen molar-refractivity contribution in [3.05, 3.63) is 95.3 Å². The highest BCUT2D eigenvalue weighted by molar-refractivity contribution is 5.95. The summed E-state index contributed by atoms with van der Waals surface area (Å²) >= 11 is 0. The van der Waals surface area contributed by atoms with E-state index in [1.54, 1.807) is 0 Å². The van der Waals surface area contributed by atoms with Crippen molar-refractivity contribution < 1.29 is 19.2 Å². The van der Waals surface area contributed by atoms with Gasteiger partial charge in [0.1, 0.15) is 34.6 Å². The summed E-state index contributed by atoms with van der Waals surface area (Å²) in [6.07, 6.45) is 23.7. The van der Waals surface area contributed by atoms with Crippen molar-refractivity contribution in [3.63, 3.8) is 0 Å². The molecule has 6 aliphatic rings. The molecule has 2 unspecified atom stereocenters. The molecule has 2 atom stereocenters. The van der Waals surface area contributed by atoms with E-state index in [0.29, 0.717) is 53.1 Å². The molecule has 0 spiro atoms. The molecule has 7 heterocycles. The fourth-order valence-corrected chi connectivity index (χ4v) is 12.2. The first-order valence-electron chi connectivity index (χ1n) is 29.2. The van der Waals surface area contributed by atoms with Crippen LogP contribution in [0, 0.1) is 11.8 Å². The largest absolute Gasteiger partial charge is 0.357 e.